The van der Waals surface area contributed by atoms with Gasteiger partial charge in [0.2, 0.25) is 5.91 Å². The Labute approximate surface area is 135 Å². The first-order chi connectivity index (χ1) is 11.0. The van der Waals surface area contributed by atoms with Crippen molar-refractivity contribution >= 4 is 22.6 Å². The van der Waals surface area contributed by atoms with E-state index >= 15 is 0 Å². The molecule has 4 rings (SSSR count). The average Bonchev–Trinajstić information content (AvgIpc) is 2.99. The first-order valence-corrected chi connectivity index (χ1v) is 7.93. The van der Waals surface area contributed by atoms with E-state index in [1.807, 2.05) is 18.2 Å². The maximum atomic E-state index is 12.4. The van der Waals surface area contributed by atoms with Crippen LogP contribution < -0.4 is 5.32 Å². The molecule has 1 aliphatic rings. The molecule has 0 aliphatic carbocycles. The van der Waals surface area contributed by atoms with Gasteiger partial charge in [-0.25, -0.2) is 0 Å². The molecule has 1 atom stereocenters. The monoisotopic (exact) mass is 305 g/mol. The Bertz CT molecular complexity index is 936. The quantitative estimate of drug-likeness (QED) is 0.749. The van der Waals surface area contributed by atoms with Crippen LogP contribution in [0, 0.1) is 20.8 Å². The summed E-state index contributed by atoms with van der Waals surface area (Å²) in [5, 5.41) is 4.12. The SMILES string of the molecule is Cc1ccc2c(c1)C(Cc1oc3ccc(C)cc3c1C)C(=O)N2. The fourth-order valence-electron chi connectivity index (χ4n) is 3.41. The average molecular weight is 305 g/mol. The molecular formula is C20H19NO2. The summed E-state index contributed by atoms with van der Waals surface area (Å²) in [6.07, 6.45) is 0.599. The number of rotatable bonds is 2. The van der Waals surface area contributed by atoms with E-state index in [-0.39, 0.29) is 11.8 Å². The zero-order chi connectivity index (χ0) is 16.1. The van der Waals surface area contributed by atoms with Gasteiger partial charge in [-0.3, -0.25) is 4.79 Å². The predicted molar refractivity (Wildman–Crippen MR) is 91.9 cm³/mol. The summed E-state index contributed by atoms with van der Waals surface area (Å²) in [7, 11) is 0. The van der Waals surface area contributed by atoms with Crippen molar-refractivity contribution < 1.29 is 9.21 Å². The number of aryl methyl sites for hydroxylation is 3. The molecular weight excluding hydrogens is 286 g/mol. The van der Waals surface area contributed by atoms with Gasteiger partial charge in [-0.1, -0.05) is 29.3 Å². The van der Waals surface area contributed by atoms with Crippen LogP contribution in [0.2, 0.25) is 0 Å². The van der Waals surface area contributed by atoms with Gasteiger partial charge in [0.15, 0.2) is 0 Å². The second-order valence-corrected chi connectivity index (χ2v) is 6.49. The van der Waals surface area contributed by atoms with Crippen molar-refractivity contribution in [3.8, 4) is 0 Å². The summed E-state index contributed by atoms with van der Waals surface area (Å²) in [6.45, 7) is 6.20. The number of furan rings is 1. The molecule has 1 amide bonds. The number of amides is 1. The minimum absolute atomic E-state index is 0.0571. The first kappa shape index (κ1) is 14.1. The van der Waals surface area contributed by atoms with Crippen molar-refractivity contribution in [2.45, 2.75) is 33.1 Å². The van der Waals surface area contributed by atoms with E-state index < -0.39 is 0 Å². The van der Waals surface area contributed by atoms with E-state index in [1.54, 1.807) is 0 Å². The third kappa shape index (κ3) is 2.24. The van der Waals surface area contributed by atoms with Crippen molar-refractivity contribution in [2.24, 2.45) is 0 Å². The normalized spacial score (nSPS) is 16.7. The first-order valence-electron chi connectivity index (χ1n) is 7.93. The van der Waals surface area contributed by atoms with Gasteiger partial charge in [-0.2, -0.15) is 0 Å². The number of hydrogen-bond acceptors (Lipinski definition) is 2. The lowest BCUT2D eigenvalue weighted by molar-refractivity contribution is -0.117. The number of anilines is 1. The number of benzene rings is 2. The Morgan fingerprint density at radius 1 is 1.04 bits per heavy atom. The van der Waals surface area contributed by atoms with Gasteiger partial charge >= 0.3 is 0 Å². The van der Waals surface area contributed by atoms with Crippen LogP contribution in [-0.2, 0) is 11.2 Å². The molecule has 0 radical (unpaired) electrons. The summed E-state index contributed by atoms with van der Waals surface area (Å²) in [6, 6.07) is 12.3. The second-order valence-electron chi connectivity index (χ2n) is 6.49. The second kappa shape index (κ2) is 4.98. The predicted octanol–water partition coefficient (Wildman–Crippen LogP) is 4.64. The fraction of sp³-hybridized carbons (Fsp3) is 0.250. The molecule has 0 saturated heterocycles. The molecule has 1 aliphatic heterocycles. The highest BCUT2D eigenvalue weighted by molar-refractivity contribution is 6.03. The van der Waals surface area contributed by atoms with Crippen LogP contribution in [0.5, 0.6) is 0 Å². The Morgan fingerprint density at radius 3 is 2.61 bits per heavy atom. The summed E-state index contributed by atoms with van der Waals surface area (Å²) < 4.78 is 6.03. The number of carbonyl (C=O) groups is 1. The molecule has 0 saturated carbocycles. The molecule has 1 N–H and O–H groups in total. The minimum Gasteiger partial charge on any atom is -0.461 e. The summed E-state index contributed by atoms with van der Waals surface area (Å²) >= 11 is 0. The maximum Gasteiger partial charge on any atom is 0.232 e. The highest BCUT2D eigenvalue weighted by Crippen LogP contribution is 2.37. The zero-order valence-electron chi connectivity index (χ0n) is 13.6. The molecule has 1 unspecified atom stereocenters. The molecule has 2 heterocycles. The topological polar surface area (TPSA) is 42.2 Å². The van der Waals surface area contributed by atoms with Gasteiger partial charge in [0.25, 0.3) is 0 Å². The minimum atomic E-state index is -0.176. The van der Waals surface area contributed by atoms with Crippen molar-refractivity contribution in [3.63, 3.8) is 0 Å². The molecule has 3 nitrogen and oxygen atoms in total. The lowest BCUT2D eigenvalue weighted by Crippen LogP contribution is -2.14. The van der Waals surface area contributed by atoms with Crippen LogP contribution >= 0.6 is 0 Å². The molecule has 116 valence electrons. The largest absolute Gasteiger partial charge is 0.461 e. The lowest BCUT2D eigenvalue weighted by atomic mass is 9.93. The number of fused-ring (bicyclic) bond motifs is 2. The van der Waals surface area contributed by atoms with E-state index in [1.165, 1.54) is 11.1 Å². The smallest absolute Gasteiger partial charge is 0.232 e. The number of nitrogens with one attached hydrogen (secondary N) is 1. The Hall–Kier alpha value is -2.55. The van der Waals surface area contributed by atoms with E-state index in [9.17, 15) is 4.79 Å². The zero-order valence-corrected chi connectivity index (χ0v) is 13.6. The van der Waals surface area contributed by atoms with Crippen LogP contribution in [0.25, 0.3) is 11.0 Å². The summed E-state index contributed by atoms with van der Waals surface area (Å²) in [4.78, 5) is 12.4. The van der Waals surface area contributed by atoms with Crippen molar-refractivity contribution in [1.82, 2.24) is 0 Å². The molecule has 3 heteroatoms. The molecule has 0 bridgehead atoms. The van der Waals surface area contributed by atoms with Gasteiger partial charge in [0.05, 0.1) is 5.92 Å². The Morgan fingerprint density at radius 2 is 1.78 bits per heavy atom. The molecule has 0 fully saturated rings. The van der Waals surface area contributed by atoms with E-state index in [0.717, 1.165) is 33.5 Å². The Balaban J connectivity index is 1.76. The molecule has 3 aromatic rings. The fourth-order valence-corrected chi connectivity index (χ4v) is 3.41. The third-order valence-electron chi connectivity index (χ3n) is 4.74. The van der Waals surface area contributed by atoms with Crippen LogP contribution in [0.4, 0.5) is 5.69 Å². The molecule has 1 aromatic heterocycles. The van der Waals surface area contributed by atoms with E-state index in [4.69, 9.17) is 4.42 Å². The van der Waals surface area contributed by atoms with Gasteiger partial charge in [0.1, 0.15) is 11.3 Å². The van der Waals surface area contributed by atoms with Crippen LogP contribution in [0.3, 0.4) is 0 Å². The van der Waals surface area contributed by atoms with Crippen molar-refractivity contribution in [2.75, 3.05) is 5.32 Å². The number of hydrogen-bond donors (Lipinski definition) is 1. The Kier molecular flexibility index (Phi) is 3.05. The van der Waals surface area contributed by atoms with Crippen LogP contribution in [-0.4, -0.2) is 5.91 Å². The highest BCUT2D eigenvalue weighted by atomic mass is 16.3. The van der Waals surface area contributed by atoms with Gasteiger partial charge in [0, 0.05) is 17.5 Å². The van der Waals surface area contributed by atoms with Crippen LogP contribution in [0.15, 0.2) is 40.8 Å². The molecule has 2 aromatic carbocycles. The lowest BCUT2D eigenvalue weighted by Gasteiger charge is -2.08. The van der Waals surface area contributed by atoms with Crippen molar-refractivity contribution in [1.29, 1.82) is 0 Å². The van der Waals surface area contributed by atoms with Crippen molar-refractivity contribution in [3.05, 3.63) is 64.4 Å². The van der Waals surface area contributed by atoms with Gasteiger partial charge in [-0.05, 0) is 50.1 Å². The molecule has 0 spiro atoms. The summed E-state index contributed by atoms with van der Waals surface area (Å²) in [5.74, 6) is 0.784. The maximum absolute atomic E-state index is 12.4. The van der Waals surface area contributed by atoms with Crippen LogP contribution in [0.1, 0.15) is 33.9 Å². The summed E-state index contributed by atoms with van der Waals surface area (Å²) in [5.41, 5.74) is 6.42. The van der Waals surface area contributed by atoms with E-state index in [2.05, 4.69) is 44.3 Å². The standard InChI is InChI=1S/C20H19NO2/c1-11-4-6-17-15(9-11)16(20(22)21-17)10-19-13(3)14-8-12(2)5-7-18(14)23-19/h4-9,16H,10H2,1-3H3,(H,21,22). The van der Waals surface area contributed by atoms with Gasteiger partial charge < -0.3 is 9.73 Å². The molecule has 23 heavy (non-hydrogen) atoms. The third-order valence-corrected chi connectivity index (χ3v) is 4.74. The van der Waals surface area contributed by atoms with Gasteiger partial charge in [-0.15, -0.1) is 0 Å². The number of carbonyl (C=O) groups excluding carboxylic acids is 1. The highest BCUT2D eigenvalue weighted by Gasteiger charge is 2.32. The van der Waals surface area contributed by atoms with E-state index in [0.29, 0.717) is 6.42 Å².